The van der Waals surface area contributed by atoms with Gasteiger partial charge in [0.15, 0.2) is 0 Å². The van der Waals surface area contributed by atoms with E-state index in [0.29, 0.717) is 0 Å². The molecule has 0 bridgehead atoms. The highest BCUT2D eigenvalue weighted by Crippen LogP contribution is 2.06. The molecule has 0 aliphatic carbocycles. The molecule has 8 nitrogen and oxygen atoms in total. The van der Waals surface area contributed by atoms with E-state index >= 15 is 0 Å². The minimum absolute atomic E-state index is 0.0425. The molecule has 2 rings (SSSR count). The highest BCUT2D eigenvalue weighted by Gasteiger charge is 2.11. The van der Waals surface area contributed by atoms with Crippen LogP contribution in [0.1, 0.15) is 10.6 Å². The van der Waals surface area contributed by atoms with Crippen molar-refractivity contribution in [1.29, 1.82) is 0 Å². The van der Waals surface area contributed by atoms with Gasteiger partial charge in [0.1, 0.15) is 5.82 Å². The molecule has 2 aromatic heterocycles. The maximum absolute atomic E-state index is 11.4. The Balaban J connectivity index is 2.13. The molecule has 15 heavy (non-hydrogen) atoms. The summed E-state index contributed by atoms with van der Waals surface area (Å²) in [5.41, 5.74) is 0. The van der Waals surface area contributed by atoms with Gasteiger partial charge in [-0.05, 0) is 22.9 Å². The Morgan fingerprint density at radius 2 is 2.40 bits per heavy atom. The second kappa shape index (κ2) is 3.96. The molecule has 0 unspecified atom stereocenters. The summed E-state index contributed by atoms with van der Waals surface area (Å²) in [5.74, 6) is -0.340. The maximum atomic E-state index is 11.4. The minimum atomic E-state index is -0.529. The number of aromatic nitrogens is 6. The molecular formula is C6H4ClN7O. The number of tetrazole rings is 1. The van der Waals surface area contributed by atoms with Crippen molar-refractivity contribution < 1.29 is 4.79 Å². The Labute approximate surface area is 88.1 Å². The van der Waals surface area contributed by atoms with Crippen LogP contribution in [0.2, 0.25) is 5.28 Å². The van der Waals surface area contributed by atoms with Crippen LogP contribution in [0.5, 0.6) is 0 Å². The molecule has 0 spiro atoms. The van der Waals surface area contributed by atoms with E-state index in [9.17, 15) is 4.79 Å². The average Bonchev–Trinajstić information content (AvgIpc) is 2.70. The quantitative estimate of drug-likeness (QED) is 0.691. The van der Waals surface area contributed by atoms with Crippen LogP contribution >= 0.6 is 11.6 Å². The average molecular weight is 226 g/mol. The summed E-state index contributed by atoms with van der Waals surface area (Å²) in [7, 11) is 0. The monoisotopic (exact) mass is 225 g/mol. The van der Waals surface area contributed by atoms with E-state index in [2.05, 4.69) is 35.9 Å². The summed E-state index contributed by atoms with van der Waals surface area (Å²) in [6, 6.07) is 1.49. The number of nitrogens with one attached hydrogen (secondary N) is 2. The van der Waals surface area contributed by atoms with Gasteiger partial charge >= 0.3 is 0 Å². The number of rotatable bonds is 2. The molecule has 76 valence electrons. The van der Waals surface area contributed by atoms with Gasteiger partial charge in [-0.15, -0.1) is 10.2 Å². The normalized spacial score (nSPS) is 9.93. The fourth-order valence-electron chi connectivity index (χ4n) is 0.835. The Kier molecular flexibility index (Phi) is 2.50. The summed E-state index contributed by atoms with van der Waals surface area (Å²) in [5, 5.41) is 14.9. The van der Waals surface area contributed by atoms with Gasteiger partial charge in [0, 0.05) is 6.20 Å². The standard InChI is InChI=1S/C6H4ClN7O/c7-6-8-2-1-3(10-6)9-5(15)4-11-13-14-12-4/h1-2H,(H,8,9,10,15)(H,11,12,13,14). The van der Waals surface area contributed by atoms with Crippen molar-refractivity contribution in [3.8, 4) is 0 Å². The van der Waals surface area contributed by atoms with Gasteiger partial charge in [-0.25, -0.2) is 9.97 Å². The van der Waals surface area contributed by atoms with Crippen molar-refractivity contribution >= 4 is 23.3 Å². The third-order valence-electron chi connectivity index (χ3n) is 1.42. The number of H-pyrrole nitrogens is 1. The van der Waals surface area contributed by atoms with E-state index in [-0.39, 0.29) is 16.9 Å². The number of carbonyl (C=O) groups excluding carboxylic acids is 1. The molecule has 0 aliphatic heterocycles. The molecule has 2 heterocycles. The van der Waals surface area contributed by atoms with Gasteiger partial charge in [0.25, 0.3) is 11.7 Å². The Morgan fingerprint density at radius 3 is 3.07 bits per heavy atom. The van der Waals surface area contributed by atoms with E-state index in [4.69, 9.17) is 11.6 Å². The van der Waals surface area contributed by atoms with Crippen LogP contribution in [0.15, 0.2) is 12.3 Å². The summed E-state index contributed by atoms with van der Waals surface area (Å²) < 4.78 is 0. The van der Waals surface area contributed by atoms with Crippen molar-refractivity contribution in [2.24, 2.45) is 0 Å². The van der Waals surface area contributed by atoms with Gasteiger partial charge in [0.05, 0.1) is 0 Å². The lowest BCUT2D eigenvalue weighted by Gasteiger charge is -1.99. The first-order chi connectivity index (χ1) is 7.25. The predicted octanol–water partition coefficient (Wildman–Crippen LogP) is -0.105. The number of hydrogen-bond acceptors (Lipinski definition) is 6. The minimum Gasteiger partial charge on any atom is -0.304 e. The van der Waals surface area contributed by atoms with Crippen molar-refractivity contribution in [3.05, 3.63) is 23.4 Å². The Morgan fingerprint density at radius 1 is 1.53 bits per heavy atom. The van der Waals surface area contributed by atoms with E-state index in [1.165, 1.54) is 12.3 Å². The fourth-order valence-corrected chi connectivity index (χ4v) is 0.982. The SMILES string of the molecule is O=C(Nc1ccnc(Cl)n1)c1nn[nH]n1. The number of halogens is 1. The zero-order valence-corrected chi connectivity index (χ0v) is 7.93. The van der Waals surface area contributed by atoms with Crippen LogP contribution in [0.3, 0.4) is 0 Å². The lowest BCUT2D eigenvalue weighted by molar-refractivity contribution is 0.101. The molecule has 2 N–H and O–H groups in total. The van der Waals surface area contributed by atoms with Crippen LogP contribution in [0.4, 0.5) is 5.82 Å². The van der Waals surface area contributed by atoms with Crippen LogP contribution in [0, 0.1) is 0 Å². The number of carbonyl (C=O) groups is 1. The van der Waals surface area contributed by atoms with Crippen molar-refractivity contribution in [3.63, 3.8) is 0 Å². The number of hydrogen-bond donors (Lipinski definition) is 2. The van der Waals surface area contributed by atoms with Gasteiger partial charge in [-0.3, -0.25) is 4.79 Å². The molecule has 0 fully saturated rings. The lowest BCUT2D eigenvalue weighted by atomic mass is 10.5. The van der Waals surface area contributed by atoms with E-state index < -0.39 is 5.91 Å². The number of nitrogens with zero attached hydrogens (tertiary/aromatic N) is 5. The smallest absolute Gasteiger partial charge is 0.298 e. The van der Waals surface area contributed by atoms with Crippen molar-refractivity contribution in [2.75, 3.05) is 5.32 Å². The van der Waals surface area contributed by atoms with Crippen LogP contribution in [0.25, 0.3) is 0 Å². The molecule has 0 aromatic carbocycles. The molecular weight excluding hydrogens is 222 g/mol. The first-order valence-electron chi connectivity index (χ1n) is 3.79. The second-order valence-corrected chi connectivity index (χ2v) is 2.74. The Bertz CT molecular complexity index is 470. The van der Waals surface area contributed by atoms with Crippen LogP contribution in [-0.4, -0.2) is 36.5 Å². The number of aromatic amines is 1. The van der Waals surface area contributed by atoms with Crippen molar-refractivity contribution in [1.82, 2.24) is 30.6 Å². The topological polar surface area (TPSA) is 109 Å². The number of amides is 1. The maximum Gasteiger partial charge on any atom is 0.298 e. The molecule has 0 aliphatic rings. The molecule has 0 atom stereocenters. The Hall–Kier alpha value is -2.09. The first kappa shape index (κ1) is 9.46. The van der Waals surface area contributed by atoms with Gasteiger partial charge in [0.2, 0.25) is 5.28 Å². The summed E-state index contributed by atoms with van der Waals surface area (Å²) in [4.78, 5) is 18.8. The second-order valence-electron chi connectivity index (χ2n) is 2.40. The first-order valence-corrected chi connectivity index (χ1v) is 4.17. The van der Waals surface area contributed by atoms with E-state index in [1.807, 2.05) is 0 Å². The molecule has 2 aromatic rings. The van der Waals surface area contributed by atoms with Crippen LogP contribution in [-0.2, 0) is 0 Å². The molecule has 0 saturated heterocycles. The van der Waals surface area contributed by atoms with Gasteiger partial charge in [-0.1, -0.05) is 0 Å². The van der Waals surface area contributed by atoms with Crippen molar-refractivity contribution in [2.45, 2.75) is 0 Å². The summed E-state index contributed by atoms with van der Waals surface area (Å²) >= 11 is 5.53. The fraction of sp³-hybridized carbons (Fsp3) is 0. The molecule has 1 amide bonds. The lowest BCUT2D eigenvalue weighted by Crippen LogP contribution is -2.14. The number of anilines is 1. The largest absolute Gasteiger partial charge is 0.304 e. The summed E-state index contributed by atoms with van der Waals surface area (Å²) in [6.07, 6.45) is 1.42. The highest BCUT2D eigenvalue weighted by atomic mass is 35.5. The zero-order chi connectivity index (χ0) is 10.7. The van der Waals surface area contributed by atoms with Crippen LogP contribution < -0.4 is 5.32 Å². The third-order valence-corrected chi connectivity index (χ3v) is 1.60. The molecule has 0 saturated carbocycles. The van der Waals surface area contributed by atoms with E-state index in [1.54, 1.807) is 0 Å². The van der Waals surface area contributed by atoms with Gasteiger partial charge < -0.3 is 5.32 Å². The highest BCUT2D eigenvalue weighted by molar-refractivity contribution is 6.28. The summed E-state index contributed by atoms with van der Waals surface area (Å²) in [6.45, 7) is 0. The van der Waals surface area contributed by atoms with E-state index in [0.717, 1.165) is 0 Å². The molecule has 9 heteroatoms. The zero-order valence-electron chi connectivity index (χ0n) is 7.18. The third kappa shape index (κ3) is 2.23. The molecule has 0 radical (unpaired) electrons. The van der Waals surface area contributed by atoms with Gasteiger partial charge in [-0.2, -0.15) is 5.21 Å². The predicted molar refractivity (Wildman–Crippen MR) is 49.2 cm³/mol.